The van der Waals surface area contributed by atoms with Gasteiger partial charge in [-0.25, -0.2) is 14.3 Å². The van der Waals surface area contributed by atoms with Crippen LogP contribution in [0.15, 0.2) is 12.5 Å². The number of imidazole rings is 1. The molecule has 0 amide bonds. The number of aromatic nitrogens is 2. The first-order valence-corrected chi connectivity index (χ1v) is 6.44. The number of hydrogen-bond donors (Lipinski definition) is 1. The lowest BCUT2D eigenvalue weighted by molar-refractivity contribution is 0.0536. The van der Waals surface area contributed by atoms with Crippen LogP contribution in [0.5, 0.6) is 0 Å². The zero-order chi connectivity index (χ0) is 13.2. The molecule has 0 bridgehead atoms. The number of carbonyl (C=O) groups excluding carboxylic acids is 1. The smallest absolute Gasteiger partial charge is 0.419 e. The van der Waals surface area contributed by atoms with Crippen molar-refractivity contribution in [2.45, 2.75) is 45.1 Å². The second-order valence-corrected chi connectivity index (χ2v) is 5.71. The zero-order valence-corrected chi connectivity index (χ0v) is 11.3. The van der Waals surface area contributed by atoms with Crippen LogP contribution in [-0.4, -0.2) is 34.3 Å². The minimum Gasteiger partial charge on any atom is -0.443 e. The van der Waals surface area contributed by atoms with E-state index in [2.05, 4.69) is 10.3 Å². The van der Waals surface area contributed by atoms with E-state index in [1.54, 1.807) is 12.5 Å². The van der Waals surface area contributed by atoms with Gasteiger partial charge in [0, 0.05) is 12.1 Å². The summed E-state index contributed by atoms with van der Waals surface area (Å²) < 4.78 is 6.73. The standard InChI is InChI=1S/C13H21N3O2/c1-13(2,3)18-12(17)16-8-11(15-9-16)10-4-6-14-7-5-10/h8-10,14H,4-7H2,1-3H3. The van der Waals surface area contributed by atoms with Crippen LogP contribution in [0, 0.1) is 0 Å². The number of carbonyl (C=O) groups is 1. The summed E-state index contributed by atoms with van der Waals surface area (Å²) in [6, 6.07) is 0. The predicted octanol–water partition coefficient (Wildman–Crippen LogP) is 2.13. The minimum absolute atomic E-state index is 0.366. The summed E-state index contributed by atoms with van der Waals surface area (Å²) in [5, 5.41) is 3.32. The molecule has 0 unspecified atom stereocenters. The summed E-state index contributed by atoms with van der Waals surface area (Å²) in [4.78, 5) is 16.2. The molecule has 100 valence electrons. The molecule has 1 aromatic heterocycles. The van der Waals surface area contributed by atoms with Crippen molar-refractivity contribution in [2.24, 2.45) is 0 Å². The third kappa shape index (κ3) is 3.32. The van der Waals surface area contributed by atoms with Crippen LogP contribution in [0.1, 0.15) is 45.2 Å². The van der Waals surface area contributed by atoms with Crippen molar-refractivity contribution in [1.82, 2.24) is 14.9 Å². The van der Waals surface area contributed by atoms with E-state index in [0.717, 1.165) is 31.6 Å². The van der Waals surface area contributed by atoms with Gasteiger partial charge in [0.2, 0.25) is 0 Å². The molecule has 1 aliphatic rings. The molecule has 1 aliphatic heterocycles. The van der Waals surface area contributed by atoms with E-state index < -0.39 is 5.60 Å². The Balaban J connectivity index is 2.03. The normalized spacial score (nSPS) is 17.7. The van der Waals surface area contributed by atoms with Gasteiger partial charge in [0.15, 0.2) is 0 Å². The van der Waals surface area contributed by atoms with Crippen LogP contribution in [0.2, 0.25) is 0 Å². The van der Waals surface area contributed by atoms with E-state index in [0.29, 0.717) is 5.92 Å². The summed E-state index contributed by atoms with van der Waals surface area (Å²) in [7, 11) is 0. The van der Waals surface area contributed by atoms with Crippen LogP contribution in [0.3, 0.4) is 0 Å². The Morgan fingerprint density at radius 2 is 2.11 bits per heavy atom. The van der Waals surface area contributed by atoms with E-state index in [-0.39, 0.29) is 6.09 Å². The van der Waals surface area contributed by atoms with Gasteiger partial charge >= 0.3 is 6.09 Å². The molecule has 0 aromatic carbocycles. The molecule has 2 heterocycles. The number of rotatable bonds is 1. The average molecular weight is 251 g/mol. The monoisotopic (exact) mass is 251 g/mol. The topological polar surface area (TPSA) is 56.2 Å². The molecule has 0 saturated carbocycles. The second kappa shape index (κ2) is 5.10. The van der Waals surface area contributed by atoms with Crippen LogP contribution in [-0.2, 0) is 4.74 Å². The Hall–Kier alpha value is -1.36. The van der Waals surface area contributed by atoms with Crippen LogP contribution < -0.4 is 5.32 Å². The average Bonchev–Trinajstić information content (AvgIpc) is 2.77. The fourth-order valence-corrected chi connectivity index (χ4v) is 2.08. The third-order valence-corrected chi connectivity index (χ3v) is 2.96. The SMILES string of the molecule is CC(C)(C)OC(=O)n1cnc(C2CCNCC2)c1. The Labute approximate surface area is 108 Å². The Morgan fingerprint density at radius 1 is 1.44 bits per heavy atom. The number of nitrogens with zero attached hydrogens (tertiary/aromatic N) is 2. The first kappa shape index (κ1) is 13.1. The first-order valence-electron chi connectivity index (χ1n) is 6.44. The summed E-state index contributed by atoms with van der Waals surface area (Å²) in [5.74, 6) is 0.454. The Kier molecular flexibility index (Phi) is 3.71. The molecule has 18 heavy (non-hydrogen) atoms. The van der Waals surface area contributed by atoms with Crippen molar-refractivity contribution in [3.8, 4) is 0 Å². The number of ether oxygens (including phenoxy) is 1. The highest BCUT2D eigenvalue weighted by molar-refractivity contribution is 5.70. The van der Waals surface area contributed by atoms with Crippen molar-refractivity contribution in [1.29, 1.82) is 0 Å². The molecule has 0 atom stereocenters. The van der Waals surface area contributed by atoms with Gasteiger partial charge in [-0.3, -0.25) is 0 Å². The summed E-state index contributed by atoms with van der Waals surface area (Å²) in [5.41, 5.74) is 0.512. The van der Waals surface area contributed by atoms with Crippen molar-refractivity contribution in [3.63, 3.8) is 0 Å². The van der Waals surface area contributed by atoms with Crippen molar-refractivity contribution in [2.75, 3.05) is 13.1 Å². The lowest BCUT2D eigenvalue weighted by Gasteiger charge is -2.21. The quantitative estimate of drug-likeness (QED) is 0.830. The maximum Gasteiger partial charge on any atom is 0.419 e. The van der Waals surface area contributed by atoms with Gasteiger partial charge in [0.1, 0.15) is 11.9 Å². The van der Waals surface area contributed by atoms with Crippen molar-refractivity contribution in [3.05, 3.63) is 18.2 Å². The molecular weight excluding hydrogens is 230 g/mol. The maximum absolute atomic E-state index is 11.8. The molecule has 1 N–H and O–H groups in total. The minimum atomic E-state index is -0.476. The van der Waals surface area contributed by atoms with E-state index in [1.165, 1.54) is 4.57 Å². The molecule has 0 spiro atoms. The van der Waals surface area contributed by atoms with Gasteiger partial charge < -0.3 is 10.1 Å². The van der Waals surface area contributed by atoms with Gasteiger partial charge in [-0.05, 0) is 46.7 Å². The van der Waals surface area contributed by atoms with E-state index >= 15 is 0 Å². The highest BCUT2D eigenvalue weighted by Crippen LogP contribution is 2.23. The summed E-state index contributed by atoms with van der Waals surface area (Å²) in [6.45, 7) is 7.61. The summed E-state index contributed by atoms with van der Waals surface area (Å²) >= 11 is 0. The highest BCUT2D eigenvalue weighted by atomic mass is 16.6. The molecule has 0 aliphatic carbocycles. The van der Waals surface area contributed by atoms with Gasteiger partial charge in [-0.1, -0.05) is 0 Å². The van der Waals surface area contributed by atoms with Gasteiger partial charge in [-0.15, -0.1) is 0 Å². The molecular formula is C13H21N3O2. The molecule has 1 fully saturated rings. The van der Waals surface area contributed by atoms with E-state index in [4.69, 9.17) is 4.74 Å². The lowest BCUT2D eigenvalue weighted by atomic mass is 9.95. The zero-order valence-electron chi connectivity index (χ0n) is 11.3. The second-order valence-electron chi connectivity index (χ2n) is 5.71. The highest BCUT2D eigenvalue weighted by Gasteiger charge is 2.21. The van der Waals surface area contributed by atoms with Gasteiger partial charge in [0.25, 0.3) is 0 Å². The molecule has 0 radical (unpaired) electrons. The van der Waals surface area contributed by atoms with Gasteiger partial charge in [-0.2, -0.15) is 0 Å². The predicted molar refractivity (Wildman–Crippen MR) is 68.7 cm³/mol. The van der Waals surface area contributed by atoms with E-state index in [1.807, 2.05) is 20.8 Å². The third-order valence-electron chi connectivity index (χ3n) is 2.96. The number of piperidine rings is 1. The first-order chi connectivity index (χ1) is 8.46. The Morgan fingerprint density at radius 3 is 2.72 bits per heavy atom. The molecule has 5 nitrogen and oxygen atoms in total. The Bertz CT molecular complexity index is 414. The number of nitrogens with one attached hydrogen (secondary N) is 1. The maximum atomic E-state index is 11.8. The summed E-state index contributed by atoms with van der Waals surface area (Å²) in [6.07, 6.45) is 5.13. The van der Waals surface area contributed by atoms with Crippen LogP contribution in [0.4, 0.5) is 4.79 Å². The molecule has 1 saturated heterocycles. The molecule has 5 heteroatoms. The molecule has 1 aromatic rings. The van der Waals surface area contributed by atoms with E-state index in [9.17, 15) is 4.79 Å². The van der Waals surface area contributed by atoms with Gasteiger partial charge in [0.05, 0.1) is 5.69 Å². The lowest BCUT2D eigenvalue weighted by Crippen LogP contribution is -2.27. The van der Waals surface area contributed by atoms with Crippen LogP contribution in [0.25, 0.3) is 0 Å². The molecule has 2 rings (SSSR count). The van der Waals surface area contributed by atoms with Crippen molar-refractivity contribution < 1.29 is 9.53 Å². The fraction of sp³-hybridized carbons (Fsp3) is 0.692. The number of hydrogen-bond acceptors (Lipinski definition) is 4. The largest absolute Gasteiger partial charge is 0.443 e. The van der Waals surface area contributed by atoms with Crippen LogP contribution >= 0.6 is 0 Å². The van der Waals surface area contributed by atoms with Crippen molar-refractivity contribution >= 4 is 6.09 Å². The fourth-order valence-electron chi connectivity index (χ4n) is 2.08.